The van der Waals surface area contributed by atoms with Crippen LogP contribution in [0.2, 0.25) is 0 Å². The van der Waals surface area contributed by atoms with Crippen molar-refractivity contribution in [3.63, 3.8) is 0 Å². The number of benzene rings is 1. The summed E-state index contributed by atoms with van der Waals surface area (Å²) in [7, 11) is 5.41. The van der Waals surface area contributed by atoms with E-state index < -0.39 is 0 Å². The highest BCUT2D eigenvalue weighted by Gasteiger charge is 2.08. The van der Waals surface area contributed by atoms with E-state index in [0.29, 0.717) is 26.2 Å². The highest BCUT2D eigenvalue weighted by Crippen LogP contribution is 2.16. The quantitative estimate of drug-likeness (QED) is 0.782. The Labute approximate surface area is 114 Å². The molecule has 0 aliphatic rings. The maximum atomic E-state index is 11.5. The van der Waals surface area contributed by atoms with Crippen molar-refractivity contribution in [2.24, 2.45) is 5.73 Å². The zero-order valence-electron chi connectivity index (χ0n) is 11.9. The molecule has 1 aromatic carbocycles. The molecule has 0 saturated carbocycles. The number of hydrogen-bond acceptors (Lipinski definition) is 4. The first-order valence-corrected chi connectivity index (χ1v) is 6.34. The van der Waals surface area contributed by atoms with Crippen molar-refractivity contribution in [1.82, 2.24) is 9.80 Å². The fourth-order valence-corrected chi connectivity index (χ4v) is 1.58. The molecule has 0 bridgehead atoms. The number of amides is 1. The van der Waals surface area contributed by atoms with Crippen LogP contribution in [0.15, 0.2) is 24.3 Å². The van der Waals surface area contributed by atoms with Crippen molar-refractivity contribution < 1.29 is 9.53 Å². The number of rotatable bonds is 7. The van der Waals surface area contributed by atoms with E-state index in [2.05, 4.69) is 0 Å². The Morgan fingerprint density at radius 2 is 1.95 bits per heavy atom. The Bertz CT molecular complexity index is 407. The summed E-state index contributed by atoms with van der Waals surface area (Å²) in [6.07, 6.45) is 0. The normalized spacial score (nSPS) is 10.6. The van der Waals surface area contributed by atoms with Gasteiger partial charge in [0.15, 0.2) is 0 Å². The highest BCUT2D eigenvalue weighted by molar-refractivity contribution is 5.77. The topological polar surface area (TPSA) is 58.8 Å². The third-order valence-electron chi connectivity index (χ3n) is 2.83. The van der Waals surface area contributed by atoms with Crippen LogP contribution in [-0.4, -0.2) is 56.5 Å². The van der Waals surface area contributed by atoms with Crippen LogP contribution < -0.4 is 10.5 Å². The number of carbonyl (C=O) groups excluding carboxylic acids is 1. The number of carbonyl (C=O) groups is 1. The monoisotopic (exact) mass is 265 g/mol. The minimum absolute atomic E-state index is 0.0878. The maximum absolute atomic E-state index is 11.5. The largest absolute Gasteiger partial charge is 0.492 e. The van der Waals surface area contributed by atoms with Gasteiger partial charge in [-0.2, -0.15) is 0 Å². The summed E-state index contributed by atoms with van der Waals surface area (Å²) < 4.78 is 5.69. The van der Waals surface area contributed by atoms with Crippen LogP contribution in [0.5, 0.6) is 5.75 Å². The van der Waals surface area contributed by atoms with Gasteiger partial charge in [-0.1, -0.05) is 18.2 Å². The Balaban J connectivity index is 2.35. The molecular formula is C14H23N3O2. The summed E-state index contributed by atoms with van der Waals surface area (Å²) >= 11 is 0. The van der Waals surface area contributed by atoms with E-state index in [1.807, 2.05) is 36.2 Å². The summed E-state index contributed by atoms with van der Waals surface area (Å²) in [4.78, 5) is 15.0. The molecular weight excluding hydrogens is 242 g/mol. The molecule has 0 radical (unpaired) electrons. The average Bonchev–Trinajstić information content (AvgIpc) is 2.39. The standard InChI is InChI=1S/C14H23N3O2/c1-16(2)14(18)11-17(3)8-9-19-13-7-5-4-6-12(13)10-15/h4-7H,8-11,15H2,1-3H3. The molecule has 0 atom stereocenters. The first kappa shape index (κ1) is 15.5. The van der Waals surface area contributed by atoms with Crippen LogP contribution in [0.4, 0.5) is 0 Å². The molecule has 0 aliphatic heterocycles. The van der Waals surface area contributed by atoms with Gasteiger partial charge in [0.25, 0.3) is 0 Å². The van der Waals surface area contributed by atoms with Crippen LogP contribution in [0.3, 0.4) is 0 Å². The average molecular weight is 265 g/mol. The van der Waals surface area contributed by atoms with E-state index in [4.69, 9.17) is 10.5 Å². The number of nitrogens with two attached hydrogens (primary N) is 1. The summed E-state index contributed by atoms with van der Waals surface area (Å²) in [5.41, 5.74) is 6.64. The lowest BCUT2D eigenvalue weighted by Crippen LogP contribution is -2.36. The minimum atomic E-state index is 0.0878. The van der Waals surface area contributed by atoms with Gasteiger partial charge >= 0.3 is 0 Å². The lowest BCUT2D eigenvalue weighted by Gasteiger charge is -2.19. The number of para-hydroxylation sites is 1. The summed E-state index contributed by atoms with van der Waals surface area (Å²) in [5, 5.41) is 0. The molecule has 5 heteroatoms. The molecule has 106 valence electrons. The van der Waals surface area contributed by atoms with Gasteiger partial charge in [0.2, 0.25) is 5.91 Å². The summed E-state index contributed by atoms with van der Waals surface area (Å²) in [5.74, 6) is 0.905. The fourth-order valence-electron chi connectivity index (χ4n) is 1.58. The molecule has 0 aliphatic carbocycles. The second-order valence-electron chi connectivity index (χ2n) is 4.69. The van der Waals surface area contributed by atoms with Gasteiger partial charge in [-0.05, 0) is 13.1 Å². The number of ether oxygens (including phenoxy) is 1. The lowest BCUT2D eigenvalue weighted by atomic mass is 10.2. The van der Waals surface area contributed by atoms with Gasteiger partial charge in [0, 0.05) is 32.7 Å². The first-order valence-electron chi connectivity index (χ1n) is 6.34. The molecule has 2 N–H and O–H groups in total. The molecule has 0 spiro atoms. The van der Waals surface area contributed by atoms with Crippen LogP contribution in [0.25, 0.3) is 0 Å². The number of nitrogens with zero attached hydrogens (tertiary/aromatic N) is 2. The first-order chi connectivity index (χ1) is 9.04. The van der Waals surface area contributed by atoms with E-state index in [9.17, 15) is 4.79 Å². The van der Waals surface area contributed by atoms with Crippen LogP contribution >= 0.6 is 0 Å². The van der Waals surface area contributed by atoms with Gasteiger partial charge in [-0.25, -0.2) is 0 Å². The van der Waals surface area contributed by atoms with Gasteiger partial charge in [0.1, 0.15) is 12.4 Å². The van der Waals surface area contributed by atoms with Crippen LogP contribution in [0, 0.1) is 0 Å². The van der Waals surface area contributed by atoms with Crippen molar-refractivity contribution in [3.05, 3.63) is 29.8 Å². The number of hydrogen-bond donors (Lipinski definition) is 1. The van der Waals surface area contributed by atoms with Gasteiger partial charge in [0.05, 0.1) is 6.54 Å². The Morgan fingerprint density at radius 3 is 2.58 bits per heavy atom. The molecule has 19 heavy (non-hydrogen) atoms. The zero-order chi connectivity index (χ0) is 14.3. The molecule has 1 aromatic rings. The molecule has 0 heterocycles. The molecule has 1 amide bonds. The maximum Gasteiger partial charge on any atom is 0.236 e. The van der Waals surface area contributed by atoms with Crippen molar-refractivity contribution in [2.45, 2.75) is 6.54 Å². The second-order valence-corrected chi connectivity index (χ2v) is 4.69. The van der Waals surface area contributed by atoms with Gasteiger partial charge in [-0.3, -0.25) is 9.69 Å². The molecule has 0 saturated heterocycles. The van der Waals surface area contributed by atoms with E-state index >= 15 is 0 Å². The molecule has 5 nitrogen and oxygen atoms in total. The highest BCUT2D eigenvalue weighted by atomic mass is 16.5. The molecule has 0 unspecified atom stereocenters. The minimum Gasteiger partial charge on any atom is -0.492 e. The predicted octanol–water partition coefficient (Wildman–Crippen LogP) is 0.544. The van der Waals surface area contributed by atoms with Crippen molar-refractivity contribution in [3.8, 4) is 5.75 Å². The zero-order valence-corrected chi connectivity index (χ0v) is 11.9. The van der Waals surface area contributed by atoms with Crippen molar-refractivity contribution in [2.75, 3.05) is 40.8 Å². The van der Waals surface area contributed by atoms with Gasteiger partial charge < -0.3 is 15.4 Å². The van der Waals surface area contributed by atoms with Crippen molar-refractivity contribution >= 4 is 5.91 Å². The van der Waals surface area contributed by atoms with E-state index in [1.54, 1.807) is 19.0 Å². The number of likely N-dealkylation sites (N-methyl/N-ethyl adjacent to an activating group) is 2. The van der Waals surface area contributed by atoms with E-state index in [-0.39, 0.29) is 5.91 Å². The molecule has 0 fully saturated rings. The van der Waals surface area contributed by atoms with E-state index in [0.717, 1.165) is 11.3 Å². The second kappa shape index (κ2) is 7.76. The van der Waals surface area contributed by atoms with Gasteiger partial charge in [-0.15, -0.1) is 0 Å². The molecule has 1 rings (SSSR count). The van der Waals surface area contributed by atoms with Crippen molar-refractivity contribution in [1.29, 1.82) is 0 Å². The third-order valence-corrected chi connectivity index (χ3v) is 2.83. The SMILES string of the molecule is CN(CCOc1ccccc1CN)CC(=O)N(C)C. The Morgan fingerprint density at radius 1 is 1.26 bits per heavy atom. The Hall–Kier alpha value is -1.59. The van der Waals surface area contributed by atoms with E-state index in [1.165, 1.54) is 0 Å². The van der Waals surface area contributed by atoms with Crippen LogP contribution in [-0.2, 0) is 11.3 Å². The summed E-state index contributed by atoms with van der Waals surface area (Å²) in [6.45, 7) is 2.09. The third kappa shape index (κ3) is 5.28. The Kier molecular flexibility index (Phi) is 6.32. The lowest BCUT2D eigenvalue weighted by molar-refractivity contribution is -0.129. The smallest absolute Gasteiger partial charge is 0.236 e. The summed E-state index contributed by atoms with van der Waals surface area (Å²) in [6, 6.07) is 7.73. The van der Waals surface area contributed by atoms with Crippen LogP contribution in [0.1, 0.15) is 5.56 Å². The molecule has 0 aromatic heterocycles. The fraction of sp³-hybridized carbons (Fsp3) is 0.500. The predicted molar refractivity (Wildman–Crippen MR) is 76.0 cm³/mol.